The normalized spacial score (nSPS) is 18.8. The van der Waals surface area contributed by atoms with E-state index in [-0.39, 0.29) is 11.9 Å². The van der Waals surface area contributed by atoms with Gasteiger partial charge in [-0.1, -0.05) is 56.5 Å². The molecule has 1 aromatic carbocycles. The summed E-state index contributed by atoms with van der Waals surface area (Å²) in [5.41, 5.74) is 0.299. The molecule has 0 spiro atoms. The van der Waals surface area contributed by atoms with Crippen molar-refractivity contribution in [3.63, 3.8) is 0 Å². The highest BCUT2D eigenvalue weighted by molar-refractivity contribution is 5.85. The number of hydrogen-bond acceptors (Lipinski definition) is 2. The second-order valence-corrected chi connectivity index (χ2v) is 5.60. The number of benzene rings is 1. The van der Waals surface area contributed by atoms with E-state index < -0.39 is 5.41 Å². The maximum atomic E-state index is 12.6. The number of nitrogens with zero attached hydrogens (tertiary/aromatic N) is 1. The van der Waals surface area contributed by atoms with Crippen LogP contribution in [-0.4, -0.2) is 5.91 Å². The summed E-state index contributed by atoms with van der Waals surface area (Å²) < 4.78 is 0. The van der Waals surface area contributed by atoms with E-state index in [1.54, 1.807) is 0 Å². The van der Waals surface area contributed by atoms with Crippen LogP contribution in [0.3, 0.4) is 0 Å². The van der Waals surface area contributed by atoms with E-state index in [2.05, 4.69) is 18.3 Å². The van der Waals surface area contributed by atoms with Gasteiger partial charge < -0.3 is 5.32 Å². The van der Waals surface area contributed by atoms with Crippen molar-refractivity contribution >= 4 is 5.91 Å². The van der Waals surface area contributed by atoms with Gasteiger partial charge in [0.15, 0.2) is 0 Å². The molecule has 2 rings (SSSR count). The van der Waals surface area contributed by atoms with Gasteiger partial charge in [-0.3, -0.25) is 4.79 Å². The zero-order valence-electron chi connectivity index (χ0n) is 12.1. The molecule has 0 saturated heterocycles. The van der Waals surface area contributed by atoms with Gasteiger partial charge in [-0.25, -0.2) is 0 Å². The van der Waals surface area contributed by atoms with Gasteiger partial charge in [0.25, 0.3) is 0 Å². The first-order valence-corrected chi connectivity index (χ1v) is 7.49. The Morgan fingerprint density at radius 2 is 1.95 bits per heavy atom. The van der Waals surface area contributed by atoms with E-state index in [9.17, 15) is 10.1 Å². The lowest BCUT2D eigenvalue weighted by Gasteiger charge is -2.31. The molecule has 0 heterocycles. The van der Waals surface area contributed by atoms with Crippen LogP contribution < -0.4 is 5.32 Å². The number of hydrogen-bond donors (Lipinski definition) is 1. The maximum Gasteiger partial charge on any atom is 0.240 e. The fourth-order valence-electron chi connectivity index (χ4n) is 2.95. The molecule has 1 aliphatic rings. The van der Waals surface area contributed by atoms with Crippen molar-refractivity contribution in [3.8, 4) is 6.07 Å². The van der Waals surface area contributed by atoms with Crippen LogP contribution in [-0.2, 0) is 4.79 Å². The molecule has 1 amide bonds. The third kappa shape index (κ3) is 3.01. The number of carbonyl (C=O) groups excluding carboxylic acids is 1. The topological polar surface area (TPSA) is 52.9 Å². The molecule has 0 aliphatic heterocycles. The third-order valence-corrected chi connectivity index (χ3v) is 4.27. The average Bonchev–Trinajstić information content (AvgIpc) is 2.53. The van der Waals surface area contributed by atoms with Crippen LogP contribution in [0.25, 0.3) is 0 Å². The van der Waals surface area contributed by atoms with Crippen LogP contribution >= 0.6 is 0 Å². The van der Waals surface area contributed by atoms with Crippen molar-refractivity contribution in [2.45, 2.75) is 51.5 Å². The molecule has 1 atom stereocenters. The number of rotatable bonds is 4. The average molecular weight is 270 g/mol. The standard InChI is InChI=1S/C17H22N2O/c1-2-15(14-9-5-3-6-10-14)19-16(20)17(13-18)11-7-4-8-12-17/h3,5-6,9-10,15H,2,4,7-8,11-12H2,1H3,(H,19,20). The molecule has 0 radical (unpaired) electrons. The minimum atomic E-state index is -0.805. The van der Waals surface area contributed by atoms with Crippen LogP contribution in [0.4, 0.5) is 0 Å². The van der Waals surface area contributed by atoms with Crippen LogP contribution in [0.5, 0.6) is 0 Å². The lowest BCUT2D eigenvalue weighted by molar-refractivity contribution is -0.130. The van der Waals surface area contributed by atoms with E-state index in [1.165, 1.54) is 0 Å². The summed E-state index contributed by atoms with van der Waals surface area (Å²) in [6.07, 6.45) is 5.30. The predicted octanol–water partition coefficient (Wildman–Crippen LogP) is 3.73. The molecule has 1 saturated carbocycles. The van der Waals surface area contributed by atoms with Crippen LogP contribution in [0, 0.1) is 16.7 Å². The van der Waals surface area contributed by atoms with Crippen molar-refractivity contribution in [2.24, 2.45) is 5.41 Å². The molecule has 3 nitrogen and oxygen atoms in total. The van der Waals surface area contributed by atoms with Gasteiger partial charge in [-0.05, 0) is 24.8 Å². The Balaban J connectivity index is 2.11. The molecule has 20 heavy (non-hydrogen) atoms. The van der Waals surface area contributed by atoms with E-state index in [0.717, 1.165) is 31.2 Å². The van der Waals surface area contributed by atoms with Crippen molar-refractivity contribution in [1.82, 2.24) is 5.32 Å². The molecule has 0 bridgehead atoms. The van der Waals surface area contributed by atoms with E-state index in [4.69, 9.17) is 0 Å². The van der Waals surface area contributed by atoms with Crippen LogP contribution in [0.2, 0.25) is 0 Å². The van der Waals surface area contributed by atoms with Crippen molar-refractivity contribution in [3.05, 3.63) is 35.9 Å². The summed E-state index contributed by atoms with van der Waals surface area (Å²) in [6, 6.07) is 12.2. The van der Waals surface area contributed by atoms with Gasteiger partial charge in [0.1, 0.15) is 5.41 Å². The van der Waals surface area contributed by atoms with Gasteiger partial charge in [-0.15, -0.1) is 0 Å². The summed E-state index contributed by atoms with van der Waals surface area (Å²) in [6.45, 7) is 2.05. The van der Waals surface area contributed by atoms with Crippen LogP contribution in [0.1, 0.15) is 57.1 Å². The summed E-state index contributed by atoms with van der Waals surface area (Å²) in [5, 5.41) is 12.5. The Kier molecular flexibility index (Phi) is 4.79. The lowest BCUT2D eigenvalue weighted by Crippen LogP contribution is -2.42. The van der Waals surface area contributed by atoms with Crippen molar-refractivity contribution in [2.75, 3.05) is 0 Å². The molecule has 106 valence electrons. The molecule has 1 aliphatic carbocycles. The van der Waals surface area contributed by atoms with Gasteiger partial charge in [0, 0.05) is 0 Å². The van der Waals surface area contributed by atoms with Crippen molar-refractivity contribution in [1.29, 1.82) is 5.26 Å². The summed E-state index contributed by atoms with van der Waals surface area (Å²) in [7, 11) is 0. The fourth-order valence-corrected chi connectivity index (χ4v) is 2.95. The van der Waals surface area contributed by atoms with Gasteiger partial charge in [-0.2, -0.15) is 5.26 Å². The monoisotopic (exact) mass is 270 g/mol. The highest BCUT2D eigenvalue weighted by Gasteiger charge is 2.40. The van der Waals surface area contributed by atoms with E-state index >= 15 is 0 Å². The summed E-state index contributed by atoms with van der Waals surface area (Å²) >= 11 is 0. The number of amides is 1. The largest absolute Gasteiger partial charge is 0.348 e. The van der Waals surface area contributed by atoms with Gasteiger partial charge in [0.05, 0.1) is 12.1 Å². The Morgan fingerprint density at radius 1 is 1.30 bits per heavy atom. The van der Waals surface area contributed by atoms with Crippen molar-refractivity contribution < 1.29 is 4.79 Å². The second kappa shape index (κ2) is 6.56. The zero-order valence-corrected chi connectivity index (χ0v) is 12.1. The Hall–Kier alpha value is -1.82. The number of nitrogens with one attached hydrogen (secondary N) is 1. The predicted molar refractivity (Wildman–Crippen MR) is 78.7 cm³/mol. The molecule has 1 N–H and O–H groups in total. The van der Waals surface area contributed by atoms with Gasteiger partial charge >= 0.3 is 0 Å². The molecule has 1 unspecified atom stereocenters. The van der Waals surface area contributed by atoms with Gasteiger partial charge in [0.2, 0.25) is 5.91 Å². The van der Waals surface area contributed by atoms with Crippen LogP contribution in [0.15, 0.2) is 30.3 Å². The van der Waals surface area contributed by atoms with E-state index in [1.807, 2.05) is 30.3 Å². The fraction of sp³-hybridized carbons (Fsp3) is 0.529. The molecular formula is C17H22N2O. The molecule has 1 aromatic rings. The molecular weight excluding hydrogens is 248 g/mol. The third-order valence-electron chi connectivity index (χ3n) is 4.27. The molecule has 3 heteroatoms. The first kappa shape index (κ1) is 14.6. The quantitative estimate of drug-likeness (QED) is 0.906. The SMILES string of the molecule is CCC(NC(=O)C1(C#N)CCCCC1)c1ccccc1. The number of carbonyl (C=O) groups is 1. The molecule has 1 fully saturated rings. The minimum absolute atomic E-state index is 0.00384. The zero-order chi connectivity index (χ0) is 14.4. The Morgan fingerprint density at radius 3 is 2.50 bits per heavy atom. The van der Waals surface area contributed by atoms with E-state index in [0.29, 0.717) is 12.8 Å². The smallest absolute Gasteiger partial charge is 0.240 e. The first-order chi connectivity index (χ1) is 9.72. The summed E-state index contributed by atoms with van der Waals surface area (Å²) in [5.74, 6) is -0.0876. The summed E-state index contributed by atoms with van der Waals surface area (Å²) in [4.78, 5) is 12.6. The minimum Gasteiger partial charge on any atom is -0.348 e. The molecule has 0 aromatic heterocycles. The second-order valence-electron chi connectivity index (χ2n) is 5.60. The Labute approximate surface area is 121 Å². The lowest BCUT2D eigenvalue weighted by atomic mass is 9.74. The first-order valence-electron chi connectivity index (χ1n) is 7.49. The number of nitriles is 1. The maximum absolute atomic E-state index is 12.6. The highest BCUT2D eigenvalue weighted by Crippen LogP contribution is 2.36. The Bertz CT molecular complexity index is 483. The highest BCUT2D eigenvalue weighted by atomic mass is 16.2.